The van der Waals surface area contributed by atoms with Crippen LogP contribution in [0.4, 0.5) is 8.78 Å². The van der Waals surface area contributed by atoms with E-state index in [0.29, 0.717) is 16.9 Å². The third kappa shape index (κ3) is 4.54. The quantitative estimate of drug-likeness (QED) is 0.349. The van der Waals surface area contributed by atoms with Gasteiger partial charge in [0, 0.05) is 18.0 Å². The molecule has 35 heavy (non-hydrogen) atoms. The Morgan fingerprint density at radius 2 is 1.69 bits per heavy atom. The van der Waals surface area contributed by atoms with Crippen LogP contribution in [-0.4, -0.2) is 38.6 Å². The number of rotatable bonds is 9. The van der Waals surface area contributed by atoms with E-state index in [-0.39, 0.29) is 35.8 Å². The molecule has 0 bridgehead atoms. The maximum absolute atomic E-state index is 14.0. The third-order valence-corrected chi connectivity index (χ3v) is 6.31. The Labute approximate surface area is 201 Å². The van der Waals surface area contributed by atoms with E-state index in [0.717, 1.165) is 17.7 Å². The lowest BCUT2D eigenvalue weighted by atomic mass is 9.75. The molecular weight excluding hydrogens is 454 g/mol. The van der Waals surface area contributed by atoms with Crippen molar-refractivity contribution in [2.45, 2.75) is 32.3 Å². The fourth-order valence-electron chi connectivity index (χ4n) is 4.41. The zero-order valence-corrected chi connectivity index (χ0v) is 19.5. The highest BCUT2D eigenvalue weighted by atomic mass is 19.1. The average Bonchev–Trinajstić information content (AvgIpc) is 3.19. The highest BCUT2D eigenvalue weighted by Crippen LogP contribution is 2.33. The molecule has 8 heteroatoms. The number of aryl methyl sites for hydroxylation is 2. The minimum absolute atomic E-state index is 0.148. The van der Waals surface area contributed by atoms with Gasteiger partial charge < -0.3 is 14.9 Å². The fraction of sp³-hybridized carbons (Fsp3) is 0.259. The minimum atomic E-state index is -1.17. The number of ketones is 1. The van der Waals surface area contributed by atoms with Crippen LogP contribution in [0.5, 0.6) is 5.75 Å². The molecule has 6 nitrogen and oxygen atoms in total. The lowest BCUT2D eigenvalue weighted by molar-refractivity contribution is 0.0781. The predicted octanol–water partition coefficient (Wildman–Crippen LogP) is 4.30. The van der Waals surface area contributed by atoms with Gasteiger partial charge in [-0.3, -0.25) is 9.20 Å². The summed E-state index contributed by atoms with van der Waals surface area (Å²) < 4.78 is 35.3. The Morgan fingerprint density at radius 1 is 1.00 bits per heavy atom. The monoisotopic (exact) mass is 480 g/mol. The van der Waals surface area contributed by atoms with E-state index in [9.17, 15) is 23.8 Å². The largest absolute Gasteiger partial charge is 0.485 e. The second-order valence-corrected chi connectivity index (χ2v) is 8.61. The molecule has 0 aliphatic carbocycles. The molecule has 2 N–H and O–H groups in total. The molecule has 4 aromatic rings. The summed E-state index contributed by atoms with van der Waals surface area (Å²) in [5.41, 5.74) is 1.20. The Kier molecular flexibility index (Phi) is 6.95. The highest BCUT2D eigenvalue weighted by Gasteiger charge is 2.36. The molecule has 4 rings (SSSR count). The van der Waals surface area contributed by atoms with Gasteiger partial charge in [-0.2, -0.15) is 0 Å². The molecule has 0 saturated heterocycles. The zero-order chi connectivity index (χ0) is 25.2. The summed E-state index contributed by atoms with van der Waals surface area (Å²) in [6.45, 7) is 2.35. The van der Waals surface area contributed by atoms with Gasteiger partial charge in [-0.15, -0.1) is 0 Å². The van der Waals surface area contributed by atoms with Gasteiger partial charge in [-0.05, 0) is 49.2 Å². The van der Waals surface area contributed by atoms with Gasteiger partial charge in [0.25, 0.3) is 0 Å². The molecule has 2 aromatic heterocycles. The first-order valence-corrected chi connectivity index (χ1v) is 11.2. The number of carbonyl (C=O) groups is 1. The van der Waals surface area contributed by atoms with Gasteiger partial charge >= 0.3 is 0 Å². The minimum Gasteiger partial charge on any atom is -0.485 e. The van der Waals surface area contributed by atoms with Crippen molar-refractivity contribution in [3.8, 4) is 5.75 Å². The van der Waals surface area contributed by atoms with Gasteiger partial charge in [-0.1, -0.05) is 30.3 Å². The topological polar surface area (TPSA) is 84.1 Å². The molecule has 0 aliphatic heterocycles. The molecule has 0 saturated carbocycles. The lowest BCUT2D eigenvalue weighted by Crippen LogP contribution is -2.38. The number of nitrogens with zero attached hydrogens (tertiary/aromatic N) is 2. The lowest BCUT2D eigenvalue weighted by Gasteiger charge is -2.31. The summed E-state index contributed by atoms with van der Waals surface area (Å²) in [5.74, 6) is -1.49. The Hall–Kier alpha value is -3.62. The maximum atomic E-state index is 14.0. The van der Waals surface area contributed by atoms with Crippen molar-refractivity contribution in [1.29, 1.82) is 0 Å². The smallest absolute Gasteiger partial charge is 0.182 e. The second kappa shape index (κ2) is 9.93. The van der Waals surface area contributed by atoms with E-state index in [1.54, 1.807) is 41.8 Å². The van der Waals surface area contributed by atoms with E-state index in [2.05, 4.69) is 4.98 Å². The zero-order valence-electron chi connectivity index (χ0n) is 19.5. The summed E-state index contributed by atoms with van der Waals surface area (Å²) >= 11 is 0. The molecule has 0 aliphatic rings. The third-order valence-electron chi connectivity index (χ3n) is 6.31. The molecule has 0 atom stereocenters. The number of halogens is 2. The SMILES string of the molecule is Cc1ccccc1C(CO)(CO)CC(=O)c1c(C)nc2c(OCc3c(F)cccc3F)cccn12. The predicted molar refractivity (Wildman–Crippen MR) is 127 cm³/mol. The van der Waals surface area contributed by atoms with Crippen LogP contribution in [0.3, 0.4) is 0 Å². The van der Waals surface area contributed by atoms with Gasteiger partial charge in [0.15, 0.2) is 17.2 Å². The van der Waals surface area contributed by atoms with Crippen molar-refractivity contribution in [3.63, 3.8) is 0 Å². The molecule has 0 amide bonds. The van der Waals surface area contributed by atoms with E-state index < -0.39 is 30.3 Å². The maximum Gasteiger partial charge on any atom is 0.182 e. The number of hydrogen-bond acceptors (Lipinski definition) is 5. The van der Waals surface area contributed by atoms with Crippen molar-refractivity contribution in [2.24, 2.45) is 0 Å². The number of Topliss-reactive ketones (excluding diaryl/α,β-unsaturated/α-hetero) is 1. The van der Waals surface area contributed by atoms with Gasteiger partial charge in [-0.25, -0.2) is 13.8 Å². The molecule has 2 heterocycles. The van der Waals surface area contributed by atoms with E-state index >= 15 is 0 Å². The standard InChI is InChI=1S/C27H26F2N2O4/c1-17-7-3-4-8-20(17)27(15-32,16-33)13-23(34)25-18(2)30-26-24(11-6-12-31(25)26)35-14-19-21(28)9-5-10-22(19)29/h3-12,32-33H,13-16H2,1-2H3. The fourth-order valence-corrected chi connectivity index (χ4v) is 4.41. The number of aliphatic hydroxyl groups excluding tert-OH is 2. The first-order valence-electron chi connectivity index (χ1n) is 11.2. The molecule has 182 valence electrons. The number of pyridine rings is 1. The van der Waals surface area contributed by atoms with Crippen LogP contribution in [0.1, 0.15) is 39.3 Å². The number of ether oxygens (including phenoxy) is 1. The van der Waals surface area contributed by atoms with Crippen LogP contribution in [0.25, 0.3) is 5.65 Å². The summed E-state index contributed by atoms with van der Waals surface area (Å²) in [5, 5.41) is 20.5. The molecule has 0 unspecified atom stereocenters. The number of benzene rings is 2. The van der Waals surface area contributed by atoms with Crippen LogP contribution >= 0.6 is 0 Å². The Bertz CT molecular complexity index is 1360. The van der Waals surface area contributed by atoms with Crippen LogP contribution in [-0.2, 0) is 12.0 Å². The van der Waals surface area contributed by atoms with Crippen molar-refractivity contribution in [1.82, 2.24) is 9.38 Å². The van der Waals surface area contributed by atoms with Crippen LogP contribution in [0.15, 0.2) is 60.8 Å². The van der Waals surface area contributed by atoms with Gasteiger partial charge in [0.2, 0.25) is 0 Å². The van der Waals surface area contributed by atoms with E-state index in [1.165, 1.54) is 6.07 Å². The number of hydrogen-bond donors (Lipinski definition) is 2. The normalized spacial score (nSPS) is 11.7. The van der Waals surface area contributed by atoms with Gasteiger partial charge in [0.05, 0.1) is 24.5 Å². The van der Waals surface area contributed by atoms with Crippen LogP contribution in [0.2, 0.25) is 0 Å². The molecule has 0 spiro atoms. The number of aliphatic hydroxyl groups is 2. The number of carbonyl (C=O) groups excluding carboxylic acids is 1. The first-order chi connectivity index (χ1) is 16.8. The molecule has 0 radical (unpaired) electrons. The van der Waals surface area contributed by atoms with Crippen molar-refractivity contribution in [3.05, 3.63) is 101 Å². The molecule has 2 aromatic carbocycles. The summed E-state index contributed by atoms with van der Waals surface area (Å²) in [7, 11) is 0. The Morgan fingerprint density at radius 3 is 2.34 bits per heavy atom. The molecule has 0 fully saturated rings. The number of fused-ring (bicyclic) bond motifs is 1. The van der Waals surface area contributed by atoms with Crippen molar-refractivity contribution < 1.29 is 28.5 Å². The van der Waals surface area contributed by atoms with Crippen molar-refractivity contribution in [2.75, 3.05) is 13.2 Å². The average molecular weight is 481 g/mol. The Balaban J connectivity index is 1.68. The molecular formula is C27H26F2N2O4. The van der Waals surface area contributed by atoms with Crippen LogP contribution in [0, 0.1) is 25.5 Å². The van der Waals surface area contributed by atoms with E-state index in [1.807, 2.05) is 19.1 Å². The summed E-state index contributed by atoms with van der Waals surface area (Å²) in [4.78, 5) is 18.0. The van der Waals surface area contributed by atoms with Crippen molar-refractivity contribution >= 4 is 11.4 Å². The summed E-state index contributed by atoms with van der Waals surface area (Å²) in [6, 6.07) is 14.1. The number of aromatic nitrogens is 2. The van der Waals surface area contributed by atoms with E-state index in [4.69, 9.17) is 4.74 Å². The van der Waals surface area contributed by atoms with Crippen LogP contribution < -0.4 is 4.74 Å². The number of imidazole rings is 1. The highest BCUT2D eigenvalue weighted by molar-refractivity contribution is 5.97. The second-order valence-electron chi connectivity index (χ2n) is 8.61. The summed E-state index contributed by atoms with van der Waals surface area (Å²) in [6.07, 6.45) is 1.50. The van der Waals surface area contributed by atoms with Gasteiger partial charge in [0.1, 0.15) is 23.9 Å². The first kappa shape index (κ1) is 24.5.